The second-order valence-corrected chi connectivity index (χ2v) is 7.66. The van der Waals surface area contributed by atoms with Gasteiger partial charge < -0.3 is 19.5 Å². The summed E-state index contributed by atoms with van der Waals surface area (Å²) in [6.45, 7) is 0.197. The second kappa shape index (κ2) is 10.9. The molecule has 1 aliphatic heterocycles. The average Bonchev–Trinajstić information content (AvgIpc) is 2.75. The fourth-order valence-electron chi connectivity index (χ4n) is 3.72. The van der Waals surface area contributed by atoms with Crippen LogP contribution in [0.5, 0.6) is 11.5 Å². The molecule has 0 aromatic heterocycles. The van der Waals surface area contributed by atoms with Crippen LogP contribution in [0.15, 0.2) is 36.4 Å². The third-order valence-corrected chi connectivity index (χ3v) is 5.48. The highest BCUT2D eigenvalue weighted by Gasteiger charge is 2.30. The molecular formula is C22H24ClF3N2O4. The Hall–Kier alpha value is -2.49. The van der Waals surface area contributed by atoms with Crippen LogP contribution in [-0.4, -0.2) is 56.9 Å². The van der Waals surface area contributed by atoms with Crippen molar-refractivity contribution in [2.45, 2.75) is 25.7 Å². The van der Waals surface area contributed by atoms with Gasteiger partial charge in [-0.05, 0) is 31.2 Å². The number of benzene rings is 2. The Labute approximate surface area is 189 Å². The molecular weight excluding hydrogens is 449 g/mol. The molecule has 174 valence electrons. The first-order chi connectivity index (χ1) is 15.3. The fourth-order valence-corrected chi connectivity index (χ4v) is 4.01. The van der Waals surface area contributed by atoms with Crippen molar-refractivity contribution in [3.05, 3.63) is 58.4 Å². The summed E-state index contributed by atoms with van der Waals surface area (Å²) in [5, 5.41) is 2.93. The van der Waals surface area contributed by atoms with Gasteiger partial charge in [-0.1, -0.05) is 23.7 Å². The number of nitrogens with one attached hydrogen (secondary N) is 1. The van der Waals surface area contributed by atoms with E-state index in [0.717, 1.165) is 0 Å². The number of nitrogens with zero attached hydrogens (tertiary/aromatic N) is 1. The molecule has 1 saturated heterocycles. The molecule has 1 N–H and O–H groups in total. The zero-order valence-electron chi connectivity index (χ0n) is 17.6. The maximum Gasteiger partial charge on any atom is 0.387 e. The van der Waals surface area contributed by atoms with Gasteiger partial charge in [0.25, 0.3) is 5.91 Å². The normalized spacial score (nSPS) is 17.8. The standard InChI is InChI=1S/C22H24ClF3N2O4/c1-13-12-28(9-10-31-13)17(19-15(23)6-4-7-16(19)24)11-27-21(29)14-5-3-8-18(30-2)20(14)32-22(25)26/h3-8,13,17,22H,9-12H2,1-2H3,(H,27,29). The van der Waals surface area contributed by atoms with Gasteiger partial charge in [0.2, 0.25) is 0 Å². The number of hydrogen-bond acceptors (Lipinski definition) is 5. The van der Waals surface area contributed by atoms with E-state index in [1.165, 1.54) is 37.4 Å². The number of alkyl halides is 2. The minimum absolute atomic E-state index is 0.00588. The summed E-state index contributed by atoms with van der Waals surface area (Å²) in [6.07, 6.45) is -0.0862. The topological polar surface area (TPSA) is 60.0 Å². The highest BCUT2D eigenvalue weighted by atomic mass is 35.5. The molecule has 3 rings (SSSR count). The average molecular weight is 473 g/mol. The Balaban J connectivity index is 1.88. The summed E-state index contributed by atoms with van der Waals surface area (Å²) >= 11 is 6.30. The van der Waals surface area contributed by atoms with Gasteiger partial charge in [0.05, 0.1) is 31.4 Å². The van der Waals surface area contributed by atoms with Crippen LogP contribution in [0, 0.1) is 5.82 Å². The summed E-state index contributed by atoms with van der Waals surface area (Å²) in [6, 6.07) is 8.03. The van der Waals surface area contributed by atoms with E-state index in [1.807, 2.05) is 11.8 Å². The summed E-state index contributed by atoms with van der Waals surface area (Å²) in [5.74, 6) is -1.55. The Morgan fingerprint density at radius 2 is 2.06 bits per heavy atom. The number of halogens is 4. The number of morpholine rings is 1. The lowest BCUT2D eigenvalue weighted by molar-refractivity contribution is -0.0515. The third kappa shape index (κ3) is 5.65. The van der Waals surface area contributed by atoms with E-state index in [1.54, 1.807) is 6.07 Å². The quantitative estimate of drug-likeness (QED) is 0.621. The van der Waals surface area contributed by atoms with Crippen LogP contribution in [-0.2, 0) is 4.74 Å². The number of ether oxygens (including phenoxy) is 3. The van der Waals surface area contributed by atoms with E-state index in [2.05, 4.69) is 10.1 Å². The minimum Gasteiger partial charge on any atom is -0.493 e. The van der Waals surface area contributed by atoms with Crippen molar-refractivity contribution in [3.8, 4) is 11.5 Å². The number of carbonyl (C=O) groups is 1. The molecule has 2 unspecified atom stereocenters. The molecule has 2 aromatic carbocycles. The molecule has 0 bridgehead atoms. The number of amides is 1. The van der Waals surface area contributed by atoms with E-state index in [4.69, 9.17) is 21.1 Å². The predicted octanol–water partition coefficient (Wildman–Crippen LogP) is 4.28. The summed E-state index contributed by atoms with van der Waals surface area (Å²) in [4.78, 5) is 14.9. The molecule has 1 heterocycles. The molecule has 1 aliphatic rings. The van der Waals surface area contributed by atoms with Gasteiger partial charge in [-0.15, -0.1) is 0 Å². The smallest absolute Gasteiger partial charge is 0.387 e. The van der Waals surface area contributed by atoms with Crippen LogP contribution in [0.4, 0.5) is 13.2 Å². The first-order valence-corrected chi connectivity index (χ1v) is 10.4. The van der Waals surface area contributed by atoms with Crippen LogP contribution in [0.25, 0.3) is 0 Å². The lowest BCUT2D eigenvalue weighted by atomic mass is 10.0. The number of methoxy groups -OCH3 is 1. The largest absolute Gasteiger partial charge is 0.493 e. The van der Waals surface area contributed by atoms with Gasteiger partial charge >= 0.3 is 6.61 Å². The molecule has 0 aliphatic carbocycles. The first-order valence-electron chi connectivity index (χ1n) is 10.0. The lowest BCUT2D eigenvalue weighted by Crippen LogP contribution is -2.47. The van der Waals surface area contributed by atoms with Crippen LogP contribution in [0.2, 0.25) is 5.02 Å². The SMILES string of the molecule is COc1cccc(C(=O)NCC(c2c(F)cccc2Cl)N2CCOC(C)C2)c1OC(F)F. The monoisotopic (exact) mass is 472 g/mol. The van der Waals surface area contributed by atoms with Crippen molar-refractivity contribution in [3.63, 3.8) is 0 Å². The van der Waals surface area contributed by atoms with Gasteiger partial charge in [0.15, 0.2) is 11.5 Å². The van der Waals surface area contributed by atoms with E-state index >= 15 is 0 Å². The Morgan fingerprint density at radius 3 is 2.72 bits per heavy atom. The molecule has 2 atom stereocenters. The van der Waals surface area contributed by atoms with E-state index in [0.29, 0.717) is 19.7 Å². The zero-order valence-corrected chi connectivity index (χ0v) is 18.4. The Morgan fingerprint density at radius 1 is 1.31 bits per heavy atom. The van der Waals surface area contributed by atoms with Crippen molar-refractivity contribution in [1.82, 2.24) is 10.2 Å². The maximum atomic E-state index is 14.7. The lowest BCUT2D eigenvalue weighted by Gasteiger charge is -2.38. The molecule has 10 heteroatoms. The van der Waals surface area contributed by atoms with Crippen molar-refractivity contribution < 1.29 is 32.2 Å². The van der Waals surface area contributed by atoms with Crippen LogP contribution >= 0.6 is 11.6 Å². The molecule has 0 saturated carbocycles. The summed E-state index contributed by atoms with van der Waals surface area (Å²) < 4.78 is 55.7. The van der Waals surface area contributed by atoms with Crippen LogP contribution in [0.3, 0.4) is 0 Å². The number of rotatable bonds is 8. The Bertz CT molecular complexity index is 927. The van der Waals surface area contributed by atoms with Gasteiger partial charge in [-0.25, -0.2) is 4.39 Å². The molecule has 6 nitrogen and oxygen atoms in total. The first kappa shape index (κ1) is 24.2. The number of hydrogen-bond donors (Lipinski definition) is 1. The van der Waals surface area contributed by atoms with E-state index < -0.39 is 24.4 Å². The third-order valence-electron chi connectivity index (χ3n) is 5.15. The number of para-hydroxylation sites is 1. The van der Waals surface area contributed by atoms with Gasteiger partial charge in [0, 0.05) is 30.2 Å². The van der Waals surface area contributed by atoms with Crippen molar-refractivity contribution in [2.75, 3.05) is 33.4 Å². The molecule has 32 heavy (non-hydrogen) atoms. The zero-order chi connectivity index (χ0) is 23.3. The summed E-state index contributed by atoms with van der Waals surface area (Å²) in [7, 11) is 1.28. The van der Waals surface area contributed by atoms with Crippen molar-refractivity contribution >= 4 is 17.5 Å². The van der Waals surface area contributed by atoms with Crippen molar-refractivity contribution in [2.24, 2.45) is 0 Å². The summed E-state index contributed by atoms with van der Waals surface area (Å²) in [5.41, 5.74) is 0.122. The highest BCUT2D eigenvalue weighted by Crippen LogP contribution is 2.34. The fraction of sp³-hybridized carbons (Fsp3) is 0.409. The molecule has 2 aromatic rings. The minimum atomic E-state index is -3.14. The Kier molecular flexibility index (Phi) is 8.22. The second-order valence-electron chi connectivity index (χ2n) is 7.25. The van der Waals surface area contributed by atoms with Crippen LogP contribution < -0.4 is 14.8 Å². The van der Waals surface area contributed by atoms with E-state index in [9.17, 15) is 18.0 Å². The van der Waals surface area contributed by atoms with Crippen LogP contribution in [0.1, 0.15) is 28.9 Å². The molecule has 0 spiro atoms. The van der Waals surface area contributed by atoms with Gasteiger partial charge in [-0.3, -0.25) is 9.69 Å². The molecule has 0 radical (unpaired) electrons. The molecule has 1 fully saturated rings. The van der Waals surface area contributed by atoms with Gasteiger partial charge in [0.1, 0.15) is 5.82 Å². The number of carbonyl (C=O) groups excluding carboxylic acids is 1. The molecule has 1 amide bonds. The van der Waals surface area contributed by atoms with E-state index in [-0.39, 0.29) is 40.3 Å². The maximum absolute atomic E-state index is 14.7. The predicted molar refractivity (Wildman–Crippen MR) is 113 cm³/mol. The highest BCUT2D eigenvalue weighted by molar-refractivity contribution is 6.31. The van der Waals surface area contributed by atoms with Gasteiger partial charge in [-0.2, -0.15) is 8.78 Å². The van der Waals surface area contributed by atoms with Crippen molar-refractivity contribution in [1.29, 1.82) is 0 Å².